The third kappa shape index (κ3) is 5.93. The van der Waals surface area contributed by atoms with Gasteiger partial charge in [0.1, 0.15) is 5.75 Å². The van der Waals surface area contributed by atoms with Crippen LogP contribution in [0.4, 0.5) is 0 Å². The van der Waals surface area contributed by atoms with Crippen LogP contribution in [0.15, 0.2) is 30.3 Å². The molecule has 1 aromatic carbocycles. The molecule has 5 nitrogen and oxygen atoms in total. The van der Waals surface area contributed by atoms with Gasteiger partial charge in [-0.05, 0) is 44.2 Å². The van der Waals surface area contributed by atoms with Gasteiger partial charge in [0.25, 0.3) is 0 Å². The molecule has 1 fully saturated rings. The minimum atomic E-state index is -0.261. The maximum atomic E-state index is 12.4. The fraction of sp³-hybridized carbons (Fsp3) is 0.500. The second-order valence-electron chi connectivity index (χ2n) is 6.65. The number of carbonyl (C=O) groups is 2. The lowest BCUT2D eigenvalue weighted by Crippen LogP contribution is -2.38. The van der Waals surface area contributed by atoms with Gasteiger partial charge in [-0.3, -0.25) is 9.59 Å². The van der Waals surface area contributed by atoms with E-state index in [9.17, 15) is 9.59 Å². The predicted molar refractivity (Wildman–Crippen MR) is 99.0 cm³/mol. The van der Waals surface area contributed by atoms with Crippen molar-refractivity contribution < 1.29 is 14.3 Å². The van der Waals surface area contributed by atoms with E-state index in [0.717, 1.165) is 30.6 Å². The van der Waals surface area contributed by atoms with Crippen molar-refractivity contribution in [1.82, 2.24) is 4.90 Å². The molecule has 1 saturated heterocycles. The standard InChI is InChI=1S/C20H28N2O3/c1-3-15(2)25-18-7-5-4-6-17(18)8-9-20(24)22-12-10-16(11-13-22)14-19(21)23/h4-9,15-16H,3,10-14H2,1-2H3,(H2,21,23)/b9-8-/t15-/m1/s1. The third-order valence-corrected chi connectivity index (χ3v) is 4.64. The molecule has 0 bridgehead atoms. The highest BCUT2D eigenvalue weighted by molar-refractivity contribution is 5.92. The first kappa shape index (κ1) is 19.0. The summed E-state index contributed by atoms with van der Waals surface area (Å²) in [5, 5.41) is 0. The van der Waals surface area contributed by atoms with Crippen molar-refractivity contribution in [2.24, 2.45) is 11.7 Å². The van der Waals surface area contributed by atoms with Crippen LogP contribution in [0.25, 0.3) is 6.08 Å². The Balaban J connectivity index is 1.94. The number of carbonyl (C=O) groups excluding carboxylic acids is 2. The summed E-state index contributed by atoms with van der Waals surface area (Å²) in [5.41, 5.74) is 6.15. The topological polar surface area (TPSA) is 72.6 Å². The first-order chi connectivity index (χ1) is 12.0. The molecule has 2 amide bonds. The van der Waals surface area contributed by atoms with Crippen LogP contribution in [0.2, 0.25) is 0 Å². The number of hydrogen-bond donors (Lipinski definition) is 1. The number of primary amides is 1. The number of ether oxygens (including phenoxy) is 1. The molecule has 136 valence electrons. The van der Waals surface area contributed by atoms with Gasteiger partial charge >= 0.3 is 0 Å². The molecule has 0 spiro atoms. The number of benzene rings is 1. The lowest BCUT2D eigenvalue weighted by molar-refractivity contribution is -0.127. The van der Waals surface area contributed by atoms with Crippen molar-refractivity contribution >= 4 is 17.9 Å². The number of likely N-dealkylation sites (tertiary alicyclic amines) is 1. The maximum Gasteiger partial charge on any atom is 0.246 e. The quantitative estimate of drug-likeness (QED) is 0.773. The zero-order valence-corrected chi connectivity index (χ0v) is 15.1. The molecule has 1 aromatic rings. The number of rotatable bonds is 7. The molecule has 25 heavy (non-hydrogen) atoms. The van der Waals surface area contributed by atoms with E-state index in [4.69, 9.17) is 10.5 Å². The van der Waals surface area contributed by atoms with Gasteiger partial charge in [-0.25, -0.2) is 0 Å². The van der Waals surface area contributed by atoms with Crippen LogP contribution in [-0.2, 0) is 9.59 Å². The molecular weight excluding hydrogens is 316 g/mol. The molecule has 1 heterocycles. The van der Waals surface area contributed by atoms with Crippen LogP contribution in [0, 0.1) is 5.92 Å². The molecular formula is C20H28N2O3. The Morgan fingerprint density at radius 3 is 2.64 bits per heavy atom. The van der Waals surface area contributed by atoms with E-state index in [0.29, 0.717) is 25.4 Å². The van der Waals surface area contributed by atoms with Gasteiger partial charge in [-0.15, -0.1) is 0 Å². The Bertz CT molecular complexity index is 619. The molecule has 1 aliphatic heterocycles. The zero-order chi connectivity index (χ0) is 18.2. The van der Waals surface area contributed by atoms with Crippen molar-refractivity contribution in [3.8, 4) is 5.75 Å². The van der Waals surface area contributed by atoms with Crippen molar-refractivity contribution in [1.29, 1.82) is 0 Å². The lowest BCUT2D eigenvalue weighted by Gasteiger charge is -2.30. The molecule has 0 aromatic heterocycles. The normalized spacial score (nSPS) is 16.8. The summed E-state index contributed by atoms with van der Waals surface area (Å²) >= 11 is 0. The zero-order valence-electron chi connectivity index (χ0n) is 15.1. The lowest BCUT2D eigenvalue weighted by atomic mass is 9.93. The average molecular weight is 344 g/mol. The number of nitrogens with zero attached hydrogens (tertiary/aromatic N) is 1. The van der Waals surface area contributed by atoms with E-state index in [1.807, 2.05) is 42.2 Å². The average Bonchev–Trinajstić information content (AvgIpc) is 2.60. The number of nitrogens with two attached hydrogens (primary N) is 1. The Morgan fingerprint density at radius 1 is 1.32 bits per heavy atom. The first-order valence-electron chi connectivity index (χ1n) is 9.00. The molecule has 2 rings (SSSR count). The maximum absolute atomic E-state index is 12.4. The van der Waals surface area contributed by atoms with Crippen molar-refractivity contribution in [2.45, 2.75) is 45.6 Å². The van der Waals surface area contributed by atoms with Crippen LogP contribution in [0.1, 0.15) is 45.1 Å². The molecule has 0 aliphatic carbocycles. The first-order valence-corrected chi connectivity index (χ1v) is 9.00. The fourth-order valence-electron chi connectivity index (χ4n) is 2.93. The minimum absolute atomic E-state index is 0.00383. The second-order valence-corrected chi connectivity index (χ2v) is 6.65. The number of amides is 2. The number of piperidine rings is 1. The molecule has 1 aliphatic rings. The van der Waals surface area contributed by atoms with Gasteiger partial charge in [0.15, 0.2) is 0 Å². The molecule has 0 radical (unpaired) electrons. The summed E-state index contributed by atoms with van der Waals surface area (Å²) in [6.07, 6.45) is 6.56. The van der Waals surface area contributed by atoms with E-state index < -0.39 is 0 Å². The highest BCUT2D eigenvalue weighted by Gasteiger charge is 2.22. The van der Waals surface area contributed by atoms with Crippen LogP contribution >= 0.6 is 0 Å². The summed E-state index contributed by atoms with van der Waals surface area (Å²) < 4.78 is 5.90. The van der Waals surface area contributed by atoms with Crippen molar-refractivity contribution in [3.63, 3.8) is 0 Å². The minimum Gasteiger partial charge on any atom is -0.490 e. The van der Waals surface area contributed by atoms with Crippen LogP contribution in [0.5, 0.6) is 5.75 Å². The monoisotopic (exact) mass is 344 g/mol. The fourth-order valence-corrected chi connectivity index (χ4v) is 2.93. The van der Waals surface area contributed by atoms with Crippen LogP contribution < -0.4 is 10.5 Å². The van der Waals surface area contributed by atoms with Gasteiger partial charge in [0.05, 0.1) is 6.10 Å². The number of hydrogen-bond acceptors (Lipinski definition) is 3. The Kier molecular flexibility index (Phi) is 7.04. The Morgan fingerprint density at radius 2 is 2.00 bits per heavy atom. The Labute approximate surface area is 149 Å². The molecule has 2 N–H and O–H groups in total. The molecule has 0 unspecified atom stereocenters. The summed E-state index contributed by atoms with van der Waals surface area (Å²) in [4.78, 5) is 25.2. The van der Waals surface area contributed by atoms with Gasteiger partial charge in [0, 0.05) is 31.1 Å². The molecule has 1 atom stereocenters. The highest BCUT2D eigenvalue weighted by atomic mass is 16.5. The van der Waals surface area contributed by atoms with E-state index in [-0.39, 0.29) is 17.9 Å². The van der Waals surface area contributed by atoms with Gasteiger partial charge < -0.3 is 15.4 Å². The summed E-state index contributed by atoms with van der Waals surface area (Å²) in [6.45, 7) is 5.45. The van der Waals surface area contributed by atoms with Crippen molar-refractivity contribution in [2.75, 3.05) is 13.1 Å². The van der Waals surface area contributed by atoms with Crippen LogP contribution in [0.3, 0.4) is 0 Å². The largest absolute Gasteiger partial charge is 0.490 e. The smallest absolute Gasteiger partial charge is 0.246 e. The highest BCUT2D eigenvalue weighted by Crippen LogP contribution is 2.23. The molecule has 5 heteroatoms. The summed E-state index contributed by atoms with van der Waals surface area (Å²) in [7, 11) is 0. The second kappa shape index (κ2) is 9.25. The van der Waals surface area contributed by atoms with Gasteiger partial charge in [0.2, 0.25) is 11.8 Å². The van der Waals surface area contributed by atoms with Crippen LogP contribution in [-0.4, -0.2) is 35.9 Å². The van der Waals surface area contributed by atoms with E-state index in [1.165, 1.54) is 0 Å². The number of para-hydroxylation sites is 1. The predicted octanol–water partition coefficient (Wildman–Crippen LogP) is 2.99. The summed E-state index contributed by atoms with van der Waals surface area (Å²) in [5.74, 6) is 0.828. The summed E-state index contributed by atoms with van der Waals surface area (Å²) in [6, 6.07) is 7.73. The Hall–Kier alpha value is -2.30. The van der Waals surface area contributed by atoms with E-state index >= 15 is 0 Å². The molecule has 0 saturated carbocycles. The van der Waals surface area contributed by atoms with Gasteiger partial charge in [-0.2, -0.15) is 0 Å². The van der Waals surface area contributed by atoms with Gasteiger partial charge in [-0.1, -0.05) is 25.1 Å². The SMILES string of the molecule is CC[C@@H](C)Oc1ccccc1/C=C\C(=O)N1CCC(CC(N)=O)CC1. The van der Waals surface area contributed by atoms with E-state index in [1.54, 1.807) is 6.08 Å². The van der Waals surface area contributed by atoms with Crippen molar-refractivity contribution in [3.05, 3.63) is 35.9 Å². The third-order valence-electron chi connectivity index (χ3n) is 4.64. The van der Waals surface area contributed by atoms with E-state index in [2.05, 4.69) is 6.92 Å².